The molecule has 0 bridgehead atoms. The van der Waals surface area contributed by atoms with Crippen LogP contribution in [0.25, 0.3) is 0 Å². The molecule has 0 radical (unpaired) electrons. The number of benzene rings is 2. The number of carbonyl (C=O) groups excluding carboxylic acids is 1. The minimum atomic E-state index is -0.136. The van der Waals surface area contributed by atoms with Crippen LogP contribution in [0.5, 0.6) is 0 Å². The van der Waals surface area contributed by atoms with Gasteiger partial charge in [-0.25, -0.2) is 5.01 Å². The fraction of sp³-hybridized carbons (Fsp3) is 0.167. The van der Waals surface area contributed by atoms with Gasteiger partial charge in [0.05, 0.1) is 6.54 Å². The first-order valence-electron chi connectivity index (χ1n) is 7.48. The second kappa shape index (κ2) is 9.44. The second-order valence-corrected chi connectivity index (χ2v) is 5.49. The molecule has 2 rings (SSSR count). The largest absolute Gasteiger partial charge is 0.369 e. The molecule has 0 amide bonds. The molecule has 0 heterocycles. The summed E-state index contributed by atoms with van der Waals surface area (Å²) < 4.78 is 0. The highest BCUT2D eigenvalue weighted by atomic mass is 35.5. The van der Waals surface area contributed by atoms with Gasteiger partial charge in [0.2, 0.25) is 5.96 Å². The van der Waals surface area contributed by atoms with Crippen LogP contribution in [0.4, 0.5) is 0 Å². The van der Waals surface area contributed by atoms with Crippen LogP contribution >= 0.6 is 12.4 Å². The molecular formula is C18H22ClN5O. The van der Waals surface area contributed by atoms with Crippen molar-refractivity contribution in [1.29, 1.82) is 5.41 Å². The van der Waals surface area contributed by atoms with E-state index in [4.69, 9.17) is 11.1 Å². The summed E-state index contributed by atoms with van der Waals surface area (Å²) in [5.74, 6) is 0.515. The molecule has 0 atom stereocenters. The van der Waals surface area contributed by atoms with Crippen molar-refractivity contribution in [3.05, 3.63) is 71.3 Å². The Morgan fingerprint density at radius 2 is 1.72 bits per heavy atom. The molecule has 6 nitrogen and oxygen atoms in total. The molecule has 0 unspecified atom stereocenters. The van der Waals surface area contributed by atoms with Gasteiger partial charge in [-0.2, -0.15) is 5.10 Å². The van der Waals surface area contributed by atoms with E-state index in [0.29, 0.717) is 17.9 Å². The highest BCUT2D eigenvalue weighted by molar-refractivity contribution is 5.99. The van der Waals surface area contributed by atoms with E-state index in [2.05, 4.69) is 5.10 Å². The van der Waals surface area contributed by atoms with Gasteiger partial charge >= 0.3 is 0 Å². The molecule has 0 saturated carbocycles. The number of halogens is 1. The molecule has 3 N–H and O–H groups in total. The van der Waals surface area contributed by atoms with Crippen molar-refractivity contribution in [3.63, 3.8) is 0 Å². The van der Waals surface area contributed by atoms with Gasteiger partial charge in [0.15, 0.2) is 5.84 Å². The zero-order valence-corrected chi connectivity index (χ0v) is 15.0. The number of nitrogens with zero attached hydrogens (tertiary/aromatic N) is 3. The van der Waals surface area contributed by atoms with Crippen LogP contribution in [0.15, 0.2) is 59.7 Å². The van der Waals surface area contributed by atoms with Crippen molar-refractivity contribution < 1.29 is 4.79 Å². The standard InChI is InChI=1S/C18H21N5O.ClH/c1-22(2)17(16-10-8-15(13-24)9-11-16)21-23(18(19)20)12-14-6-4-3-5-7-14;/h3-11,13H,12H2,1-2H3,(H3,19,20);1H. The van der Waals surface area contributed by atoms with Crippen LogP contribution in [-0.2, 0) is 6.54 Å². The van der Waals surface area contributed by atoms with Crippen LogP contribution in [0.1, 0.15) is 21.5 Å². The number of nitrogens with two attached hydrogens (primary N) is 1. The average molecular weight is 360 g/mol. The Balaban J connectivity index is 0.00000312. The molecule has 2 aromatic carbocycles. The molecule has 0 aliphatic carbocycles. The van der Waals surface area contributed by atoms with Crippen LogP contribution in [-0.4, -0.2) is 42.1 Å². The monoisotopic (exact) mass is 359 g/mol. The minimum Gasteiger partial charge on any atom is -0.369 e. The number of carbonyl (C=O) groups is 1. The van der Waals surface area contributed by atoms with Crippen molar-refractivity contribution >= 4 is 30.5 Å². The third-order valence-electron chi connectivity index (χ3n) is 3.40. The third kappa shape index (κ3) is 5.61. The first kappa shape index (κ1) is 20.2. The van der Waals surface area contributed by atoms with Gasteiger partial charge < -0.3 is 10.6 Å². The van der Waals surface area contributed by atoms with E-state index in [9.17, 15) is 4.79 Å². The van der Waals surface area contributed by atoms with Crippen LogP contribution in [0.2, 0.25) is 0 Å². The third-order valence-corrected chi connectivity index (χ3v) is 3.40. The predicted molar refractivity (Wildman–Crippen MR) is 103 cm³/mol. The summed E-state index contributed by atoms with van der Waals surface area (Å²) in [5.41, 5.74) is 8.14. The first-order chi connectivity index (χ1) is 11.5. The Labute approximate surface area is 153 Å². The fourth-order valence-electron chi connectivity index (χ4n) is 2.16. The summed E-state index contributed by atoms with van der Waals surface area (Å²) in [6, 6.07) is 16.8. The van der Waals surface area contributed by atoms with E-state index in [1.807, 2.05) is 61.5 Å². The van der Waals surface area contributed by atoms with Crippen molar-refractivity contribution in [1.82, 2.24) is 9.91 Å². The van der Waals surface area contributed by atoms with Gasteiger partial charge in [0.1, 0.15) is 6.29 Å². The van der Waals surface area contributed by atoms with Gasteiger partial charge in [0.25, 0.3) is 0 Å². The second-order valence-electron chi connectivity index (χ2n) is 5.49. The lowest BCUT2D eigenvalue weighted by Crippen LogP contribution is -2.35. The van der Waals surface area contributed by atoms with E-state index in [-0.39, 0.29) is 18.4 Å². The Kier molecular flexibility index (Phi) is 7.62. The average Bonchev–Trinajstić information content (AvgIpc) is 2.59. The van der Waals surface area contributed by atoms with Crippen molar-refractivity contribution in [2.24, 2.45) is 10.8 Å². The number of guanidine groups is 1. The van der Waals surface area contributed by atoms with E-state index < -0.39 is 0 Å². The number of hydrogen-bond acceptors (Lipinski definition) is 3. The Hall–Kier alpha value is -2.86. The van der Waals surface area contributed by atoms with Gasteiger partial charge in [-0.05, 0) is 5.56 Å². The Morgan fingerprint density at radius 3 is 2.20 bits per heavy atom. The number of aldehydes is 1. The van der Waals surface area contributed by atoms with Crippen LogP contribution < -0.4 is 5.73 Å². The summed E-state index contributed by atoms with van der Waals surface area (Å²) in [7, 11) is 3.74. The molecule has 0 aliphatic rings. The van der Waals surface area contributed by atoms with E-state index in [1.165, 1.54) is 5.01 Å². The highest BCUT2D eigenvalue weighted by Gasteiger charge is 2.12. The highest BCUT2D eigenvalue weighted by Crippen LogP contribution is 2.10. The number of amidine groups is 1. The molecule has 132 valence electrons. The summed E-state index contributed by atoms with van der Waals surface area (Å²) in [6.07, 6.45) is 0.799. The Bertz CT molecular complexity index is 729. The molecular weight excluding hydrogens is 338 g/mol. The SMILES string of the molecule is CN(C)C(=NN(Cc1ccccc1)C(=N)N)c1ccc(C=O)cc1.Cl. The smallest absolute Gasteiger partial charge is 0.209 e. The molecule has 2 aromatic rings. The molecule has 0 saturated heterocycles. The predicted octanol–water partition coefficient (Wildman–Crippen LogP) is 2.54. The zero-order chi connectivity index (χ0) is 17.5. The van der Waals surface area contributed by atoms with Gasteiger partial charge in [-0.15, -0.1) is 12.4 Å². The van der Waals surface area contributed by atoms with Crippen LogP contribution in [0, 0.1) is 5.41 Å². The van der Waals surface area contributed by atoms with Gasteiger partial charge in [-0.1, -0.05) is 54.6 Å². The normalized spacial score (nSPS) is 10.6. The van der Waals surface area contributed by atoms with Crippen molar-refractivity contribution in [2.75, 3.05) is 14.1 Å². The molecule has 25 heavy (non-hydrogen) atoms. The number of hydrazone groups is 1. The van der Waals surface area contributed by atoms with Crippen molar-refractivity contribution in [3.8, 4) is 0 Å². The molecule has 0 fully saturated rings. The summed E-state index contributed by atoms with van der Waals surface area (Å²) in [4.78, 5) is 12.6. The van der Waals surface area contributed by atoms with Gasteiger partial charge in [-0.3, -0.25) is 10.2 Å². The maximum Gasteiger partial charge on any atom is 0.209 e. The maximum atomic E-state index is 10.8. The lowest BCUT2D eigenvalue weighted by atomic mass is 10.1. The maximum absolute atomic E-state index is 10.8. The number of nitrogens with one attached hydrogen (secondary N) is 1. The summed E-state index contributed by atoms with van der Waals surface area (Å²) in [6.45, 7) is 0.403. The molecule has 7 heteroatoms. The summed E-state index contributed by atoms with van der Waals surface area (Å²) >= 11 is 0. The number of hydrogen-bond donors (Lipinski definition) is 2. The lowest BCUT2D eigenvalue weighted by molar-refractivity contribution is 0.112. The van der Waals surface area contributed by atoms with Gasteiger partial charge in [0, 0.05) is 25.2 Å². The lowest BCUT2D eigenvalue weighted by Gasteiger charge is -2.22. The fourth-order valence-corrected chi connectivity index (χ4v) is 2.16. The quantitative estimate of drug-likeness (QED) is 0.372. The van der Waals surface area contributed by atoms with Crippen molar-refractivity contribution in [2.45, 2.75) is 6.54 Å². The topological polar surface area (TPSA) is 85.8 Å². The zero-order valence-electron chi connectivity index (χ0n) is 14.2. The minimum absolute atomic E-state index is 0. The number of rotatable bonds is 5. The summed E-state index contributed by atoms with van der Waals surface area (Å²) in [5, 5.41) is 13.8. The molecule has 0 aliphatic heterocycles. The van der Waals surface area contributed by atoms with E-state index in [0.717, 1.165) is 17.4 Å². The van der Waals surface area contributed by atoms with E-state index in [1.54, 1.807) is 12.1 Å². The molecule has 0 spiro atoms. The molecule has 0 aromatic heterocycles. The van der Waals surface area contributed by atoms with E-state index >= 15 is 0 Å². The van der Waals surface area contributed by atoms with Crippen LogP contribution in [0.3, 0.4) is 0 Å². The first-order valence-corrected chi connectivity index (χ1v) is 7.48. The Morgan fingerprint density at radius 1 is 1.12 bits per heavy atom.